The number of thioether (sulfide) groups is 1. The normalized spacial score (nSPS) is 13.4. The quantitative estimate of drug-likeness (QED) is 0.454. The van der Waals surface area contributed by atoms with Crippen LogP contribution < -0.4 is 0 Å². The van der Waals surface area contributed by atoms with Crippen molar-refractivity contribution in [1.82, 2.24) is 0 Å². The molecule has 58 valence electrons. The second kappa shape index (κ2) is 3.81. The summed E-state index contributed by atoms with van der Waals surface area (Å²) in [6, 6.07) is 0. The van der Waals surface area contributed by atoms with Crippen LogP contribution in [-0.2, 0) is 4.79 Å². The van der Waals surface area contributed by atoms with Crippen molar-refractivity contribution in [2.45, 2.75) is 32.4 Å². The summed E-state index contributed by atoms with van der Waals surface area (Å²) >= 11 is 1.67. The third kappa shape index (κ3) is 5.89. The van der Waals surface area contributed by atoms with Gasteiger partial charge in [0.2, 0.25) is 0 Å². The second-order valence-corrected chi connectivity index (χ2v) is 4.91. The molecular formula is C8H14OS. The Morgan fingerprint density at radius 1 is 1.40 bits per heavy atom. The van der Waals surface area contributed by atoms with E-state index >= 15 is 0 Å². The van der Waals surface area contributed by atoms with Crippen molar-refractivity contribution in [3.8, 4) is 0 Å². The molecule has 0 aliphatic rings. The van der Waals surface area contributed by atoms with Crippen LogP contribution in [0.3, 0.4) is 0 Å². The Morgan fingerprint density at radius 2 is 1.90 bits per heavy atom. The topological polar surface area (TPSA) is 17.1 Å². The summed E-state index contributed by atoms with van der Waals surface area (Å²) in [5.41, 5.74) is 0.792. The van der Waals surface area contributed by atoms with Gasteiger partial charge in [0.15, 0.2) is 0 Å². The Balaban J connectivity index is 3.84. The van der Waals surface area contributed by atoms with E-state index in [1.807, 2.05) is 12.3 Å². The van der Waals surface area contributed by atoms with Gasteiger partial charge in [-0.25, -0.2) is 0 Å². The van der Waals surface area contributed by atoms with Crippen molar-refractivity contribution in [2.24, 2.45) is 0 Å². The minimum Gasteiger partial charge on any atom is -0.298 e. The molecule has 0 radical (unpaired) electrons. The van der Waals surface area contributed by atoms with Gasteiger partial charge in [-0.3, -0.25) is 4.79 Å². The first-order valence-electron chi connectivity index (χ1n) is 3.25. The number of hydrogen-bond acceptors (Lipinski definition) is 2. The van der Waals surface area contributed by atoms with E-state index in [1.54, 1.807) is 11.8 Å². The van der Waals surface area contributed by atoms with Gasteiger partial charge in [-0.15, -0.1) is 11.8 Å². The van der Waals surface area contributed by atoms with Crippen LogP contribution in [0.1, 0.15) is 27.7 Å². The lowest BCUT2D eigenvalue weighted by Crippen LogP contribution is -2.05. The molecule has 0 bridgehead atoms. The molecule has 0 spiro atoms. The summed E-state index contributed by atoms with van der Waals surface area (Å²) in [5.74, 6) is 0. The average molecular weight is 158 g/mol. The van der Waals surface area contributed by atoms with Crippen LogP contribution >= 0.6 is 11.8 Å². The molecule has 1 nitrogen and oxygen atoms in total. The summed E-state index contributed by atoms with van der Waals surface area (Å²) in [6.07, 6.45) is 0.874. The van der Waals surface area contributed by atoms with Crippen molar-refractivity contribution in [1.29, 1.82) is 0 Å². The largest absolute Gasteiger partial charge is 0.298 e. The zero-order chi connectivity index (χ0) is 8.20. The molecule has 0 amide bonds. The van der Waals surface area contributed by atoms with Gasteiger partial charge in [0.25, 0.3) is 0 Å². The van der Waals surface area contributed by atoms with Crippen molar-refractivity contribution in [2.75, 3.05) is 0 Å². The maximum absolute atomic E-state index is 10.1. The molecule has 0 fully saturated rings. The van der Waals surface area contributed by atoms with Crippen LogP contribution in [0.4, 0.5) is 0 Å². The monoisotopic (exact) mass is 158 g/mol. The molecule has 0 aromatic carbocycles. The van der Waals surface area contributed by atoms with Gasteiger partial charge in [0.1, 0.15) is 6.29 Å². The van der Waals surface area contributed by atoms with Gasteiger partial charge in [-0.2, -0.15) is 0 Å². The molecule has 0 saturated carbocycles. The van der Waals surface area contributed by atoms with Gasteiger partial charge in [-0.05, 0) is 17.9 Å². The van der Waals surface area contributed by atoms with Crippen molar-refractivity contribution < 1.29 is 4.79 Å². The highest BCUT2D eigenvalue weighted by atomic mass is 32.2. The predicted octanol–water partition coefficient (Wildman–Crippen LogP) is 2.62. The molecule has 0 aliphatic heterocycles. The number of rotatable bonds is 2. The standard InChI is InChI=1S/C8H14OS/c1-7(5-9)6-10-8(2,3)4/h5-6H,1-4H3/b7-6+. The SMILES string of the molecule is C/C(C=O)=C\SC(C)(C)C. The highest BCUT2D eigenvalue weighted by Gasteiger charge is 2.07. The second-order valence-electron chi connectivity index (χ2n) is 3.21. The maximum atomic E-state index is 10.1. The molecule has 0 unspecified atom stereocenters. The Labute approximate surface area is 66.9 Å². The Bertz CT molecular complexity index is 142. The summed E-state index contributed by atoms with van der Waals surface area (Å²) in [7, 11) is 0. The molecule has 10 heavy (non-hydrogen) atoms. The summed E-state index contributed by atoms with van der Waals surface area (Å²) in [5, 5.41) is 1.90. The molecule has 2 heteroatoms. The lowest BCUT2D eigenvalue weighted by Gasteiger charge is -2.13. The van der Waals surface area contributed by atoms with Gasteiger partial charge in [0.05, 0.1) is 0 Å². The molecule has 0 atom stereocenters. The Kier molecular flexibility index (Phi) is 3.72. The molecule has 0 saturated heterocycles. The number of carbonyl (C=O) groups is 1. The van der Waals surface area contributed by atoms with Crippen LogP contribution in [0.2, 0.25) is 0 Å². The third-order valence-corrected chi connectivity index (χ3v) is 1.98. The lowest BCUT2D eigenvalue weighted by molar-refractivity contribution is -0.104. The maximum Gasteiger partial charge on any atom is 0.146 e. The summed E-state index contributed by atoms with van der Waals surface area (Å²) in [4.78, 5) is 10.1. The minimum absolute atomic E-state index is 0.213. The number of hydrogen-bond donors (Lipinski definition) is 0. The van der Waals surface area contributed by atoms with Crippen LogP contribution in [-0.4, -0.2) is 11.0 Å². The molecule has 0 aliphatic carbocycles. The fourth-order valence-electron chi connectivity index (χ4n) is 0.298. The molecule has 0 rings (SSSR count). The van der Waals surface area contributed by atoms with Crippen LogP contribution in [0.25, 0.3) is 0 Å². The summed E-state index contributed by atoms with van der Waals surface area (Å²) < 4.78 is 0.213. The fourth-order valence-corrected chi connectivity index (χ4v) is 0.893. The van der Waals surface area contributed by atoms with Gasteiger partial charge < -0.3 is 0 Å². The van der Waals surface area contributed by atoms with E-state index in [-0.39, 0.29) is 4.75 Å². The Hall–Kier alpha value is -0.240. The lowest BCUT2D eigenvalue weighted by atomic mass is 10.3. The van der Waals surface area contributed by atoms with Crippen molar-refractivity contribution in [3.05, 3.63) is 11.0 Å². The predicted molar refractivity (Wildman–Crippen MR) is 47.2 cm³/mol. The zero-order valence-corrected chi connectivity index (χ0v) is 7.79. The smallest absolute Gasteiger partial charge is 0.146 e. The number of allylic oxidation sites excluding steroid dienone is 1. The first-order chi connectivity index (χ1) is 4.45. The number of carbonyl (C=O) groups excluding carboxylic acids is 1. The first-order valence-corrected chi connectivity index (χ1v) is 4.13. The summed E-state index contributed by atoms with van der Waals surface area (Å²) in [6.45, 7) is 8.16. The minimum atomic E-state index is 0.213. The Morgan fingerprint density at radius 3 is 2.20 bits per heavy atom. The third-order valence-electron chi connectivity index (χ3n) is 0.784. The molecule has 0 N–H and O–H groups in total. The van der Waals surface area contributed by atoms with E-state index < -0.39 is 0 Å². The van der Waals surface area contributed by atoms with E-state index in [9.17, 15) is 4.79 Å². The van der Waals surface area contributed by atoms with Gasteiger partial charge >= 0.3 is 0 Å². The van der Waals surface area contributed by atoms with E-state index in [2.05, 4.69) is 20.8 Å². The zero-order valence-electron chi connectivity index (χ0n) is 6.97. The van der Waals surface area contributed by atoms with E-state index in [4.69, 9.17) is 0 Å². The van der Waals surface area contributed by atoms with Crippen LogP contribution in [0.15, 0.2) is 11.0 Å². The van der Waals surface area contributed by atoms with Crippen molar-refractivity contribution >= 4 is 18.0 Å². The van der Waals surface area contributed by atoms with Crippen LogP contribution in [0.5, 0.6) is 0 Å². The molecular weight excluding hydrogens is 144 g/mol. The molecule has 0 aromatic rings. The fraction of sp³-hybridized carbons (Fsp3) is 0.625. The molecule has 0 heterocycles. The highest BCUT2D eigenvalue weighted by molar-refractivity contribution is 8.03. The molecule has 0 aromatic heterocycles. The van der Waals surface area contributed by atoms with E-state index in [1.165, 1.54) is 0 Å². The van der Waals surface area contributed by atoms with E-state index in [0.29, 0.717) is 0 Å². The van der Waals surface area contributed by atoms with Crippen LogP contribution in [0, 0.1) is 0 Å². The van der Waals surface area contributed by atoms with Crippen molar-refractivity contribution in [3.63, 3.8) is 0 Å². The highest BCUT2D eigenvalue weighted by Crippen LogP contribution is 2.24. The van der Waals surface area contributed by atoms with Gasteiger partial charge in [0, 0.05) is 4.75 Å². The van der Waals surface area contributed by atoms with Gasteiger partial charge in [-0.1, -0.05) is 20.8 Å². The number of aldehydes is 1. The van der Waals surface area contributed by atoms with E-state index in [0.717, 1.165) is 11.9 Å². The first kappa shape index (κ1) is 9.76. The average Bonchev–Trinajstić information content (AvgIpc) is 1.81.